The zero-order chi connectivity index (χ0) is 25.7. The lowest BCUT2D eigenvalue weighted by Crippen LogP contribution is -2.48. The van der Waals surface area contributed by atoms with Gasteiger partial charge in [0.25, 0.3) is 5.91 Å². The Hall–Kier alpha value is -2.38. The largest absolute Gasteiger partial charge is 0.320 e. The average Bonchev–Trinajstić information content (AvgIpc) is 3.45. The first kappa shape index (κ1) is 24.9. The minimum atomic E-state index is -0.000516. The van der Waals surface area contributed by atoms with Crippen molar-refractivity contribution in [1.29, 1.82) is 0 Å². The standard InChI is InChI=1S/C30H39N5OS/c1-20-7-6-10-34(16-20)17-22-11-25-26(27(12-22)37-4)18-35(28(25)36)24-9-5-8-23(13-24)30(14-21(2)15-30)29-32-31-19-33(29)3/h5,9,11-13,19-21,23H,6-8,10,14-18H2,1-4H3/t20-,21?,23?,30?/m0/s1. The Labute approximate surface area is 225 Å². The number of thioether (sulfide) groups is 1. The molecule has 1 aromatic carbocycles. The molecule has 196 valence electrons. The van der Waals surface area contributed by atoms with Crippen molar-refractivity contribution < 1.29 is 4.79 Å². The van der Waals surface area contributed by atoms with Crippen LogP contribution in [0.1, 0.15) is 73.3 Å². The number of aryl methyl sites for hydroxylation is 1. The van der Waals surface area contributed by atoms with Crippen molar-refractivity contribution in [2.24, 2.45) is 24.8 Å². The fourth-order valence-corrected chi connectivity index (χ4v) is 8.09. The highest BCUT2D eigenvalue weighted by Gasteiger charge is 2.51. The van der Waals surface area contributed by atoms with E-state index in [1.54, 1.807) is 11.8 Å². The second kappa shape index (κ2) is 9.73. The summed E-state index contributed by atoms with van der Waals surface area (Å²) in [5.41, 5.74) is 4.38. The number of carbonyl (C=O) groups is 1. The maximum absolute atomic E-state index is 13.8. The van der Waals surface area contributed by atoms with Crippen LogP contribution in [0.4, 0.5) is 0 Å². The molecule has 6 rings (SSSR count). The first-order valence-corrected chi connectivity index (χ1v) is 15.1. The van der Waals surface area contributed by atoms with Crippen LogP contribution < -0.4 is 0 Å². The summed E-state index contributed by atoms with van der Waals surface area (Å²) in [6.45, 7) is 8.56. The molecule has 0 bridgehead atoms. The van der Waals surface area contributed by atoms with Crippen LogP contribution in [0.15, 0.2) is 47.3 Å². The van der Waals surface area contributed by atoms with Crippen LogP contribution in [0.2, 0.25) is 0 Å². The fourth-order valence-electron chi connectivity index (χ4n) is 7.40. The predicted octanol–water partition coefficient (Wildman–Crippen LogP) is 5.55. The highest BCUT2D eigenvalue weighted by Crippen LogP contribution is 2.54. The van der Waals surface area contributed by atoms with Crippen LogP contribution in [0.25, 0.3) is 0 Å². The van der Waals surface area contributed by atoms with E-state index in [-0.39, 0.29) is 11.3 Å². The van der Waals surface area contributed by atoms with Crippen LogP contribution in [0.3, 0.4) is 0 Å². The molecule has 0 radical (unpaired) electrons. The van der Waals surface area contributed by atoms with Crippen LogP contribution in [-0.4, -0.2) is 49.8 Å². The summed E-state index contributed by atoms with van der Waals surface area (Å²) >= 11 is 1.77. The Balaban J connectivity index is 1.27. The van der Waals surface area contributed by atoms with Crippen molar-refractivity contribution in [3.63, 3.8) is 0 Å². The van der Waals surface area contributed by atoms with Gasteiger partial charge >= 0.3 is 0 Å². The van der Waals surface area contributed by atoms with E-state index in [1.165, 1.54) is 28.9 Å². The molecule has 2 aromatic rings. The molecule has 2 aliphatic carbocycles. The van der Waals surface area contributed by atoms with E-state index in [0.29, 0.717) is 18.4 Å². The summed E-state index contributed by atoms with van der Waals surface area (Å²) in [6, 6.07) is 4.50. The number of nitrogens with zero attached hydrogens (tertiary/aromatic N) is 5. The van der Waals surface area contributed by atoms with E-state index in [4.69, 9.17) is 0 Å². The molecule has 0 spiro atoms. The molecule has 7 heteroatoms. The number of benzene rings is 1. The molecule has 6 nitrogen and oxygen atoms in total. The molecule has 2 aliphatic heterocycles. The molecule has 1 saturated carbocycles. The molecule has 3 heterocycles. The van der Waals surface area contributed by atoms with Gasteiger partial charge in [-0.1, -0.05) is 26.0 Å². The second-order valence-electron chi connectivity index (χ2n) is 12.0. The smallest absolute Gasteiger partial charge is 0.258 e. The summed E-state index contributed by atoms with van der Waals surface area (Å²) in [4.78, 5) is 19.6. The van der Waals surface area contributed by atoms with Crippen molar-refractivity contribution in [3.8, 4) is 0 Å². The van der Waals surface area contributed by atoms with Gasteiger partial charge in [0.05, 0.1) is 6.54 Å². The lowest BCUT2D eigenvalue weighted by Gasteiger charge is -2.50. The van der Waals surface area contributed by atoms with E-state index >= 15 is 0 Å². The van der Waals surface area contributed by atoms with Gasteiger partial charge in [0.15, 0.2) is 0 Å². The Morgan fingerprint density at radius 1 is 1.19 bits per heavy atom. The first-order valence-electron chi connectivity index (χ1n) is 13.8. The molecule has 2 atom stereocenters. The number of piperidine rings is 1. The highest BCUT2D eigenvalue weighted by molar-refractivity contribution is 7.98. The van der Waals surface area contributed by atoms with Crippen LogP contribution in [0, 0.1) is 17.8 Å². The number of fused-ring (bicyclic) bond motifs is 1. The second-order valence-corrected chi connectivity index (χ2v) is 12.8. The van der Waals surface area contributed by atoms with Crippen LogP contribution in [0.5, 0.6) is 0 Å². The van der Waals surface area contributed by atoms with E-state index in [2.05, 4.69) is 77.2 Å². The van der Waals surface area contributed by atoms with E-state index in [9.17, 15) is 4.79 Å². The van der Waals surface area contributed by atoms with Gasteiger partial charge < -0.3 is 9.47 Å². The third-order valence-electron chi connectivity index (χ3n) is 9.08. The summed E-state index contributed by atoms with van der Waals surface area (Å²) < 4.78 is 2.09. The Morgan fingerprint density at radius 3 is 2.73 bits per heavy atom. The van der Waals surface area contributed by atoms with E-state index < -0.39 is 0 Å². The maximum atomic E-state index is 13.8. The monoisotopic (exact) mass is 517 g/mol. The van der Waals surface area contributed by atoms with Gasteiger partial charge in [0.2, 0.25) is 0 Å². The molecular weight excluding hydrogens is 478 g/mol. The Kier molecular flexibility index (Phi) is 6.56. The van der Waals surface area contributed by atoms with Crippen molar-refractivity contribution in [2.75, 3.05) is 19.3 Å². The van der Waals surface area contributed by atoms with E-state index in [0.717, 1.165) is 61.9 Å². The number of hydrogen-bond donors (Lipinski definition) is 0. The van der Waals surface area contributed by atoms with Gasteiger partial charge in [-0.25, -0.2) is 0 Å². The van der Waals surface area contributed by atoms with Crippen LogP contribution in [-0.2, 0) is 25.6 Å². The number of allylic oxidation sites excluding steroid dienone is 3. The lowest BCUT2D eigenvalue weighted by atomic mass is 9.54. The average molecular weight is 518 g/mol. The minimum absolute atomic E-state index is 0.000516. The molecule has 1 amide bonds. The zero-order valence-corrected chi connectivity index (χ0v) is 23.4. The molecule has 37 heavy (non-hydrogen) atoms. The molecule has 1 unspecified atom stereocenters. The summed E-state index contributed by atoms with van der Waals surface area (Å²) in [5, 5.41) is 8.75. The number of likely N-dealkylation sites (tertiary alicyclic amines) is 1. The zero-order valence-electron chi connectivity index (χ0n) is 22.6. The maximum Gasteiger partial charge on any atom is 0.258 e. The SMILES string of the molecule is CSc1cc(CN2CCC[C@H](C)C2)cc2c1CN(C1=CC(C3(c4nncn4C)CC(C)C3)CC=C1)C2=O. The molecule has 1 aromatic heterocycles. The van der Waals surface area contributed by atoms with E-state index in [1.807, 2.05) is 11.2 Å². The number of rotatable bonds is 6. The molecule has 0 N–H and O–H groups in total. The van der Waals surface area contributed by atoms with Gasteiger partial charge in [0.1, 0.15) is 12.2 Å². The van der Waals surface area contributed by atoms with Gasteiger partial charge in [0, 0.05) is 41.7 Å². The molecule has 2 fully saturated rings. The quantitative estimate of drug-likeness (QED) is 0.470. The van der Waals surface area contributed by atoms with Gasteiger partial charge in [-0.3, -0.25) is 9.69 Å². The summed E-state index contributed by atoms with van der Waals surface area (Å²) in [5.74, 6) is 2.98. The number of amides is 1. The molecule has 1 saturated heterocycles. The minimum Gasteiger partial charge on any atom is -0.320 e. The number of hydrogen-bond acceptors (Lipinski definition) is 5. The predicted molar refractivity (Wildman–Crippen MR) is 148 cm³/mol. The number of carbonyl (C=O) groups excluding carboxylic acids is 1. The van der Waals surface area contributed by atoms with Crippen molar-refractivity contribution >= 4 is 17.7 Å². The van der Waals surface area contributed by atoms with Crippen LogP contribution >= 0.6 is 11.8 Å². The number of aromatic nitrogens is 3. The van der Waals surface area contributed by atoms with Gasteiger partial charge in [-0.15, -0.1) is 22.0 Å². The third kappa shape index (κ3) is 4.38. The van der Waals surface area contributed by atoms with Gasteiger partial charge in [-0.05, 0) is 92.0 Å². The Morgan fingerprint density at radius 2 is 2.03 bits per heavy atom. The molecule has 4 aliphatic rings. The topological polar surface area (TPSA) is 54.3 Å². The lowest BCUT2D eigenvalue weighted by molar-refractivity contribution is 0.0807. The Bertz CT molecular complexity index is 1260. The van der Waals surface area contributed by atoms with Crippen molar-refractivity contribution in [1.82, 2.24) is 24.6 Å². The summed E-state index contributed by atoms with van der Waals surface area (Å²) in [7, 11) is 2.05. The van der Waals surface area contributed by atoms with Gasteiger partial charge in [-0.2, -0.15) is 0 Å². The van der Waals surface area contributed by atoms with Crippen molar-refractivity contribution in [3.05, 3.63) is 64.9 Å². The summed E-state index contributed by atoms with van der Waals surface area (Å²) in [6.07, 6.45) is 16.5. The third-order valence-corrected chi connectivity index (χ3v) is 9.89. The molecular formula is C30H39N5OS. The fraction of sp³-hybridized carbons (Fsp3) is 0.567. The first-order chi connectivity index (χ1) is 17.9. The highest BCUT2D eigenvalue weighted by atomic mass is 32.2. The normalized spacial score (nSPS) is 29.8. The van der Waals surface area contributed by atoms with Crippen molar-refractivity contribution in [2.45, 2.75) is 69.4 Å².